The van der Waals surface area contributed by atoms with Crippen molar-refractivity contribution >= 4 is 18.7 Å². The minimum absolute atomic E-state index is 0.223. The van der Waals surface area contributed by atoms with Gasteiger partial charge in [-0.15, -0.1) is 0 Å². The summed E-state index contributed by atoms with van der Waals surface area (Å²) >= 11 is 0. The summed E-state index contributed by atoms with van der Waals surface area (Å²) in [6.07, 6.45) is 3.36. The first kappa shape index (κ1) is 19.3. The molecule has 0 bridgehead atoms. The third kappa shape index (κ3) is 3.96. The molecule has 0 aromatic heterocycles. The van der Waals surface area contributed by atoms with Crippen molar-refractivity contribution in [3.63, 3.8) is 0 Å². The Labute approximate surface area is 160 Å². The lowest BCUT2D eigenvalue weighted by Gasteiger charge is -2.34. The Bertz CT molecular complexity index is 924. The molecule has 0 aliphatic carbocycles. The molecule has 138 valence electrons. The number of rotatable bonds is 7. The quantitative estimate of drug-likeness (QED) is 0.576. The molecule has 4 heteroatoms. The van der Waals surface area contributed by atoms with Gasteiger partial charge in [-0.2, -0.15) is 0 Å². The molecule has 0 spiro atoms. The van der Waals surface area contributed by atoms with Crippen LogP contribution in [0.4, 0.5) is 0 Å². The highest BCUT2D eigenvalue weighted by molar-refractivity contribution is 7.68. The Morgan fingerprint density at radius 3 is 1.96 bits per heavy atom. The standard InChI is InChI=1S/C23H23O3P/c1-2-26-27(25,22-16-10-5-11-17-22)23(24,21-14-8-4-9-15-21)19-18-20-12-6-3-7-13-20/h3-19,24H,2H2,1H3/b19-18+. The zero-order valence-electron chi connectivity index (χ0n) is 15.2. The van der Waals surface area contributed by atoms with Gasteiger partial charge in [0.25, 0.3) is 7.37 Å². The van der Waals surface area contributed by atoms with E-state index < -0.39 is 12.7 Å². The molecular weight excluding hydrogens is 355 g/mol. The van der Waals surface area contributed by atoms with Crippen molar-refractivity contribution in [2.24, 2.45) is 0 Å². The van der Waals surface area contributed by atoms with Gasteiger partial charge in [0.1, 0.15) is 0 Å². The van der Waals surface area contributed by atoms with Crippen LogP contribution in [0.15, 0.2) is 97.1 Å². The highest BCUT2D eigenvalue weighted by Crippen LogP contribution is 2.62. The highest BCUT2D eigenvalue weighted by Gasteiger charge is 2.48. The van der Waals surface area contributed by atoms with Crippen LogP contribution in [-0.4, -0.2) is 11.7 Å². The van der Waals surface area contributed by atoms with Crippen molar-refractivity contribution in [1.82, 2.24) is 0 Å². The Hall–Kier alpha value is -2.45. The summed E-state index contributed by atoms with van der Waals surface area (Å²) in [5.74, 6) is 0. The maximum Gasteiger partial charge on any atom is 0.271 e. The molecule has 2 atom stereocenters. The number of aliphatic hydroxyl groups is 1. The first-order chi connectivity index (χ1) is 13.1. The highest BCUT2D eigenvalue weighted by atomic mass is 31.2. The second kappa shape index (κ2) is 8.49. The van der Waals surface area contributed by atoms with E-state index in [1.165, 1.54) is 0 Å². The molecule has 3 nitrogen and oxygen atoms in total. The van der Waals surface area contributed by atoms with E-state index in [0.717, 1.165) is 5.56 Å². The molecule has 0 saturated carbocycles. The van der Waals surface area contributed by atoms with Crippen LogP contribution in [0.1, 0.15) is 18.1 Å². The van der Waals surface area contributed by atoms with E-state index in [9.17, 15) is 9.67 Å². The van der Waals surface area contributed by atoms with Gasteiger partial charge in [0.15, 0.2) is 5.34 Å². The number of hydrogen-bond acceptors (Lipinski definition) is 3. The van der Waals surface area contributed by atoms with Crippen LogP contribution in [-0.2, 0) is 14.4 Å². The van der Waals surface area contributed by atoms with Crippen LogP contribution >= 0.6 is 7.37 Å². The molecule has 3 aromatic carbocycles. The molecule has 3 rings (SSSR count). The minimum Gasteiger partial charge on any atom is -0.372 e. The lowest BCUT2D eigenvalue weighted by molar-refractivity contribution is 0.150. The van der Waals surface area contributed by atoms with Gasteiger partial charge >= 0.3 is 0 Å². The molecule has 0 fully saturated rings. The molecule has 0 heterocycles. The van der Waals surface area contributed by atoms with E-state index in [0.29, 0.717) is 10.9 Å². The summed E-state index contributed by atoms with van der Waals surface area (Å²) < 4.78 is 19.9. The monoisotopic (exact) mass is 378 g/mol. The van der Waals surface area contributed by atoms with Gasteiger partial charge in [-0.05, 0) is 36.3 Å². The van der Waals surface area contributed by atoms with E-state index in [1.54, 1.807) is 55.5 Å². The zero-order valence-corrected chi connectivity index (χ0v) is 16.1. The Kier molecular flexibility index (Phi) is 6.08. The van der Waals surface area contributed by atoms with E-state index in [4.69, 9.17) is 4.52 Å². The molecule has 0 saturated heterocycles. The molecule has 0 aliphatic rings. The van der Waals surface area contributed by atoms with Gasteiger partial charge in [0.2, 0.25) is 0 Å². The summed E-state index contributed by atoms with van der Waals surface area (Å²) in [6, 6.07) is 27.6. The van der Waals surface area contributed by atoms with Gasteiger partial charge in [0.05, 0.1) is 6.61 Å². The normalized spacial score (nSPS) is 15.9. The van der Waals surface area contributed by atoms with Crippen LogP contribution in [0.2, 0.25) is 0 Å². The summed E-state index contributed by atoms with van der Waals surface area (Å²) in [5, 5.41) is 10.5. The van der Waals surface area contributed by atoms with Crippen molar-refractivity contribution in [2.45, 2.75) is 12.3 Å². The van der Waals surface area contributed by atoms with Crippen LogP contribution in [0.3, 0.4) is 0 Å². The first-order valence-corrected chi connectivity index (χ1v) is 10.5. The summed E-state index contributed by atoms with van der Waals surface area (Å²) in [5.41, 5.74) is 1.43. The average Bonchev–Trinajstić information content (AvgIpc) is 2.74. The van der Waals surface area contributed by atoms with Crippen molar-refractivity contribution < 1.29 is 14.2 Å². The summed E-state index contributed by atoms with van der Waals surface area (Å²) in [7, 11) is -3.68. The first-order valence-electron chi connectivity index (χ1n) is 8.92. The molecule has 1 N–H and O–H groups in total. The Morgan fingerprint density at radius 2 is 1.41 bits per heavy atom. The molecule has 0 radical (unpaired) electrons. The fraction of sp³-hybridized carbons (Fsp3) is 0.130. The van der Waals surface area contributed by atoms with Gasteiger partial charge in [-0.25, -0.2) is 0 Å². The van der Waals surface area contributed by atoms with E-state index in [1.807, 2.05) is 54.6 Å². The topological polar surface area (TPSA) is 46.5 Å². The van der Waals surface area contributed by atoms with Gasteiger partial charge < -0.3 is 9.63 Å². The zero-order chi connectivity index (χ0) is 19.2. The van der Waals surface area contributed by atoms with Crippen molar-refractivity contribution in [2.75, 3.05) is 6.61 Å². The molecule has 2 unspecified atom stereocenters. The number of benzene rings is 3. The van der Waals surface area contributed by atoms with E-state index in [-0.39, 0.29) is 6.61 Å². The SMILES string of the molecule is CCOP(=O)(c1ccccc1)C(O)(/C=C/c1ccccc1)c1ccccc1. The molecule has 0 amide bonds. The molecule has 0 aliphatic heterocycles. The second-order valence-corrected chi connectivity index (χ2v) is 8.70. The van der Waals surface area contributed by atoms with Crippen LogP contribution < -0.4 is 5.30 Å². The predicted molar refractivity (Wildman–Crippen MR) is 111 cm³/mol. The fourth-order valence-electron chi connectivity index (χ4n) is 3.00. The lowest BCUT2D eigenvalue weighted by Crippen LogP contribution is -2.30. The summed E-state index contributed by atoms with van der Waals surface area (Å²) in [6.45, 7) is 2.00. The van der Waals surface area contributed by atoms with Crippen LogP contribution in [0.5, 0.6) is 0 Å². The minimum atomic E-state index is -3.68. The number of hydrogen-bond donors (Lipinski definition) is 1. The van der Waals surface area contributed by atoms with Crippen molar-refractivity contribution in [1.29, 1.82) is 0 Å². The van der Waals surface area contributed by atoms with E-state index in [2.05, 4.69) is 0 Å². The molecular formula is C23H23O3P. The third-order valence-corrected chi connectivity index (χ3v) is 7.27. The van der Waals surface area contributed by atoms with Gasteiger partial charge in [-0.3, -0.25) is 4.57 Å². The largest absolute Gasteiger partial charge is 0.372 e. The van der Waals surface area contributed by atoms with Crippen LogP contribution in [0, 0.1) is 0 Å². The fourth-order valence-corrected chi connectivity index (χ4v) is 5.43. The van der Waals surface area contributed by atoms with Crippen molar-refractivity contribution in [3.8, 4) is 0 Å². The van der Waals surface area contributed by atoms with E-state index >= 15 is 0 Å². The van der Waals surface area contributed by atoms with Crippen LogP contribution in [0.25, 0.3) is 6.08 Å². The Balaban J connectivity index is 2.19. The smallest absolute Gasteiger partial charge is 0.271 e. The van der Waals surface area contributed by atoms with Crippen molar-refractivity contribution in [3.05, 3.63) is 108 Å². The third-order valence-electron chi connectivity index (χ3n) is 4.36. The second-order valence-electron chi connectivity index (χ2n) is 6.14. The molecule has 27 heavy (non-hydrogen) atoms. The van der Waals surface area contributed by atoms with Gasteiger partial charge in [-0.1, -0.05) is 84.9 Å². The maximum atomic E-state index is 14.1. The molecule has 3 aromatic rings. The predicted octanol–water partition coefficient (Wildman–Crippen LogP) is 5.19. The Morgan fingerprint density at radius 1 is 0.889 bits per heavy atom. The lowest BCUT2D eigenvalue weighted by atomic mass is 10.1. The van der Waals surface area contributed by atoms with Gasteiger partial charge in [0, 0.05) is 5.30 Å². The summed E-state index contributed by atoms with van der Waals surface area (Å²) in [4.78, 5) is 0. The average molecular weight is 378 g/mol. The maximum absolute atomic E-state index is 14.1.